The highest BCUT2D eigenvalue weighted by atomic mass is 19.1. The Morgan fingerprint density at radius 2 is 1.56 bits per heavy atom. The second-order valence-electron chi connectivity index (χ2n) is 12.4. The quantitative estimate of drug-likeness (QED) is 0.375. The Kier molecular flexibility index (Phi) is 8.92. The summed E-state index contributed by atoms with van der Waals surface area (Å²) in [6.45, 7) is 16.7. The van der Waals surface area contributed by atoms with Crippen LogP contribution in [0.4, 0.5) is 23.7 Å². The summed E-state index contributed by atoms with van der Waals surface area (Å²) in [7, 11) is 0. The van der Waals surface area contributed by atoms with E-state index in [1.54, 1.807) is 50.9 Å². The molecule has 2 heterocycles. The molecule has 1 aliphatic heterocycles. The van der Waals surface area contributed by atoms with Gasteiger partial charge < -0.3 is 9.64 Å². The fourth-order valence-corrected chi connectivity index (χ4v) is 5.23. The summed E-state index contributed by atoms with van der Waals surface area (Å²) < 4.78 is 48.8. The fourth-order valence-electron chi connectivity index (χ4n) is 5.23. The molecule has 1 aromatic heterocycles. The van der Waals surface area contributed by atoms with Crippen LogP contribution >= 0.6 is 0 Å². The number of hydrogen-bond acceptors (Lipinski definition) is 6. The van der Waals surface area contributed by atoms with Crippen LogP contribution in [-0.4, -0.2) is 68.6 Å². The van der Waals surface area contributed by atoms with Crippen LogP contribution in [0, 0.1) is 31.3 Å². The van der Waals surface area contributed by atoms with E-state index < -0.39 is 40.7 Å². The molecule has 0 spiro atoms. The zero-order chi connectivity index (χ0) is 31.9. The molecule has 0 saturated carbocycles. The maximum atomic E-state index is 14.4. The highest BCUT2D eigenvalue weighted by Crippen LogP contribution is 2.31. The molecule has 1 N–H and O–H groups in total. The van der Waals surface area contributed by atoms with Crippen LogP contribution < -0.4 is 5.32 Å². The summed E-state index contributed by atoms with van der Waals surface area (Å²) in [6, 6.07) is 3.89. The van der Waals surface area contributed by atoms with E-state index in [4.69, 9.17) is 4.74 Å². The van der Waals surface area contributed by atoms with Crippen LogP contribution in [0.3, 0.4) is 0 Å². The van der Waals surface area contributed by atoms with Gasteiger partial charge in [-0.05, 0) is 78.6 Å². The van der Waals surface area contributed by atoms with Crippen LogP contribution in [0.1, 0.15) is 80.3 Å². The number of ether oxygens (including phenoxy) is 1. The molecular formula is C31H39F3N6O3. The number of aromatic nitrogens is 3. The highest BCUT2D eigenvalue weighted by molar-refractivity contribution is 5.97. The first-order valence-electron chi connectivity index (χ1n) is 14.2. The van der Waals surface area contributed by atoms with Crippen LogP contribution in [-0.2, 0) is 10.3 Å². The van der Waals surface area contributed by atoms with Gasteiger partial charge in [0.15, 0.2) is 0 Å². The zero-order valence-electron chi connectivity index (χ0n) is 25.9. The van der Waals surface area contributed by atoms with Gasteiger partial charge in [0.2, 0.25) is 0 Å². The van der Waals surface area contributed by atoms with Gasteiger partial charge in [0, 0.05) is 55.1 Å². The van der Waals surface area contributed by atoms with Gasteiger partial charge in [-0.15, -0.1) is 5.10 Å². The molecule has 0 bridgehead atoms. The maximum absolute atomic E-state index is 14.4. The van der Waals surface area contributed by atoms with E-state index in [2.05, 4.69) is 20.5 Å². The lowest BCUT2D eigenvalue weighted by atomic mass is 9.97. The van der Waals surface area contributed by atoms with Crippen LogP contribution in [0.25, 0.3) is 0 Å². The van der Waals surface area contributed by atoms with Gasteiger partial charge in [0.1, 0.15) is 28.7 Å². The Hall–Kier alpha value is -3.93. The van der Waals surface area contributed by atoms with Crippen LogP contribution in [0.2, 0.25) is 0 Å². The highest BCUT2D eigenvalue weighted by Gasteiger charge is 2.36. The van der Waals surface area contributed by atoms with E-state index in [1.165, 1.54) is 4.68 Å². The molecule has 1 fully saturated rings. The number of piperazine rings is 1. The van der Waals surface area contributed by atoms with Gasteiger partial charge in [-0.25, -0.2) is 22.6 Å². The molecule has 9 nitrogen and oxygen atoms in total. The number of anilines is 1. The van der Waals surface area contributed by atoms with Gasteiger partial charge in [-0.2, -0.15) is 0 Å². The Balaban J connectivity index is 1.42. The summed E-state index contributed by atoms with van der Waals surface area (Å²) in [5.74, 6) is -3.05. The fraction of sp³-hybridized carbons (Fsp3) is 0.484. The van der Waals surface area contributed by atoms with Gasteiger partial charge in [0.05, 0.1) is 17.8 Å². The lowest BCUT2D eigenvalue weighted by Crippen LogP contribution is -2.54. The molecule has 2 aromatic carbocycles. The second kappa shape index (κ2) is 12.0. The average molecular weight is 601 g/mol. The van der Waals surface area contributed by atoms with Crippen molar-refractivity contribution in [1.82, 2.24) is 24.8 Å². The Labute approximate surface area is 250 Å². The molecule has 0 unspecified atom stereocenters. The first-order chi connectivity index (χ1) is 20.0. The Morgan fingerprint density at radius 3 is 2.14 bits per heavy atom. The van der Waals surface area contributed by atoms with E-state index in [9.17, 15) is 22.8 Å². The summed E-state index contributed by atoms with van der Waals surface area (Å²) in [4.78, 5) is 29.7. The van der Waals surface area contributed by atoms with Crippen molar-refractivity contribution in [3.63, 3.8) is 0 Å². The van der Waals surface area contributed by atoms with E-state index in [1.807, 2.05) is 27.7 Å². The third-order valence-corrected chi connectivity index (χ3v) is 8.01. The van der Waals surface area contributed by atoms with Crippen molar-refractivity contribution in [2.75, 3.05) is 31.5 Å². The molecule has 4 rings (SSSR count). The summed E-state index contributed by atoms with van der Waals surface area (Å²) in [6.07, 6.45) is 1.08. The van der Waals surface area contributed by atoms with E-state index in [0.717, 1.165) is 11.1 Å². The molecule has 232 valence electrons. The number of carbonyl (C=O) groups excluding carboxylic acids is 2. The molecule has 2 amide bonds. The number of nitrogens with one attached hydrogen (secondary N) is 1. The lowest BCUT2D eigenvalue weighted by Gasteiger charge is -2.43. The molecule has 1 saturated heterocycles. The normalized spacial score (nSPS) is 15.4. The summed E-state index contributed by atoms with van der Waals surface area (Å²) >= 11 is 0. The van der Waals surface area contributed by atoms with Crippen molar-refractivity contribution >= 4 is 17.7 Å². The van der Waals surface area contributed by atoms with Crippen molar-refractivity contribution in [2.45, 2.75) is 72.6 Å². The van der Waals surface area contributed by atoms with Gasteiger partial charge in [0.25, 0.3) is 5.91 Å². The summed E-state index contributed by atoms with van der Waals surface area (Å²) in [5.41, 5.74) is 1.81. The third-order valence-electron chi connectivity index (χ3n) is 8.01. The standard InChI is InChI=1S/C31H39F3N6O3/c1-18-19(2)25(35-29(42)43-30(4,5)6)10-9-22(18)28(41)38-11-13-39(14-12-38)31(7,8)26-17-40(37-36-26)20(3)27-23(33)15-21(32)16-24(27)34/h9-10,15-17,20H,11-14H2,1-8H3,(H,35,42)/t20-/m1/s1. The van der Waals surface area contributed by atoms with E-state index >= 15 is 0 Å². The van der Waals surface area contributed by atoms with Crippen LogP contribution in [0.5, 0.6) is 0 Å². The van der Waals surface area contributed by atoms with Crippen LogP contribution in [0.15, 0.2) is 30.5 Å². The van der Waals surface area contributed by atoms with Crippen molar-refractivity contribution in [2.24, 2.45) is 0 Å². The maximum Gasteiger partial charge on any atom is 0.412 e. The topological polar surface area (TPSA) is 92.6 Å². The molecule has 0 aliphatic carbocycles. The third kappa shape index (κ3) is 6.84. The minimum absolute atomic E-state index is 0.0926. The number of amides is 2. The SMILES string of the molecule is Cc1c(NC(=O)OC(C)(C)C)ccc(C(=O)N2CCN(C(C)(C)c3cn([C@H](C)c4c(F)cc(F)cc4F)nn3)CC2)c1C. The molecule has 0 radical (unpaired) electrons. The molecule has 3 aromatic rings. The molecular weight excluding hydrogens is 561 g/mol. The van der Waals surface area contributed by atoms with Gasteiger partial charge in [-0.1, -0.05) is 5.21 Å². The number of nitrogens with zero attached hydrogens (tertiary/aromatic N) is 5. The zero-order valence-corrected chi connectivity index (χ0v) is 25.9. The Bertz CT molecular complexity index is 1500. The second-order valence-corrected chi connectivity index (χ2v) is 12.4. The predicted molar refractivity (Wildman–Crippen MR) is 156 cm³/mol. The number of benzene rings is 2. The minimum atomic E-state index is -0.985. The van der Waals surface area contributed by atoms with E-state index in [0.29, 0.717) is 55.3 Å². The molecule has 1 atom stereocenters. The monoisotopic (exact) mass is 600 g/mol. The minimum Gasteiger partial charge on any atom is -0.444 e. The number of carbonyl (C=O) groups is 2. The lowest BCUT2D eigenvalue weighted by molar-refractivity contribution is 0.0378. The van der Waals surface area contributed by atoms with Crippen molar-refractivity contribution in [1.29, 1.82) is 0 Å². The number of halogens is 3. The van der Waals surface area contributed by atoms with Gasteiger partial charge in [-0.3, -0.25) is 15.0 Å². The number of rotatable bonds is 6. The average Bonchev–Trinajstić information content (AvgIpc) is 3.41. The smallest absolute Gasteiger partial charge is 0.412 e. The van der Waals surface area contributed by atoms with Gasteiger partial charge >= 0.3 is 6.09 Å². The largest absolute Gasteiger partial charge is 0.444 e. The molecule has 1 aliphatic rings. The number of hydrogen-bond donors (Lipinski definition) is 1. The molecule has 12 heteroatoms. The Morgan fingerprint density at radius 1 is 0.953 bits per heavy atom. The first kappa shape index (κ1) is 32.0. The van der Waals surface area contributed by atoms with Crippen molar-refractivity contribution < 1.29 is 27.5 Å². The predicted octanol–water partition coefficient (Wildman–Crippen LogP) is 5.96. The first-order valence-corrected chi connectivity index (χ1v) is 14.2. The van der Waals surface area contributed by atoms with E-state index in [-0.39, 0.29) is 11.5 Å². The van der Waals surface area contributed by atoms with Crippen molar-refractivity contribution in [3.05, 3.63) is 75.9 Å². The summed E-state index contributed by atoms with van der Waals surface area (Å²) in [5, 5.41) is 11.2. The molecule has 43 heavy (non-hydrogen) atoms. The van der Waals surface area contributed by atoms with Crippen molar-refractivity contribution in [3.8, 4) is 0 Å².